The van der Waals surface area contributed by atoms with E-state index in [1.807, 2.05) is 72.8 Å². The van der Waals surface area contributed by atoms with Gasteiger partial charge in [0.15, 0.2) is 5.82 Å². The molecular weight excluding hydrogens is 796 g/mol. The van der Waals surface area contributed by atoms with Gasteiger partial charge in [-0.1, -0.05) is 66.2 Å². The quantitative estimate of drug-likeness (QED) is 0.0528. The Hall–Kier alpha value is -5.74. The van der Waals surface area contributed by atoms with Crippen molar-refractivity contribution in [1.29, 1.82) is 0 Å². The Morgan fingerprint density at radius 3 is 2.40 bits per heavy atom. The first kappa shape index (κ1) is 40.5. The van der Waals surface area contributed by atoms with Crippen LogP contribution in [0.4, 0.5) is 22.9 Å². The van der Waals surface area contributed by atoms with E-state index in [0.29, 0.717) is 21.7 Å². The minimum atomic E-state index is -4.32. The maximum Gasteiger partial charge on any atom is 0.293 e. The summed E-state index contributed by atoms with van der Waals surface area (Å²) >= 11 is 7.63. The van der Waals surface area contributed by atoms with Gasteiger partial charge in [0.25, 0.3) is 15.7 Å². The predicted octanol–water partition coefficient (Wildman–Crippen LogP) is 7.69. The highest BCUT2D eigenvalue weighted by Gasteiger charge is 2.26. The molecule has 7 rings (SSSR count). The molecule has 0 saturated carbocycles. The van der Waals surface area contributed by atoms with Crippen molar-refractivity contribution >= 4 is 73.1 Å². The molecule has 6 aromatic rings. The number of nitrogens with one attached hydrogen (secondary N) is 3. The first-order valence-corrected chi connectivity index (χ1v) is 21.4. The SMILES string of the molecule is CNC(=O)C[C@H](CSc1ccccc1)Nc1ccc(S(=O)(=O)Nc2ncnc3cc(N4CCN(Cc5ccccc5-c5ccc(Cl)cc5)CC4)ccc23)cc1[N+](=O)[O-]. The zero-order valence-electron chi connectivity index (χ0n) is 31.5. The number of carbonyl (C=O) groups excluding carboxylic acids is 1. The largest absolute Gasteiger partial charge is 0.375 e. The number of amides is 1. The average molecular weight is 837 g/mol. The van der Waals surface area contributed by atoms with E-state index >= 15 is 0 Å². The third kappa shape index (κ3) is 9.85. The Morgan fingerprint density at radius 1 is 0.914 bits per heavy atom. The summed E-state index contributed by atoms with van der Waals surface area (Å²) in [7, 11) is -2.80. The Balaban J connectivity index is 1.03. The normalized spacial score (nSPS) is 13.9. The molecule has 2 heterocycles. The first-order chi connectivity index (χ1) is 28.1. The Bertz CT molecular complexity index is 2520. The van der Waals surface area contributed by atoms with E-state index in [9.17, 15) is 23.3 Å². The first-order valence-electron chi connectivity index (χ1n) is 18.6. The summed E-state index contributed by atoms with van der Waals surface area (Å²) in [6.07, 6.45) is 1.34. The number of nitro groups is 1. The molecule has 1 aliphatic heterocycles. The molecule has 0 unspecified atom stereocenters. The van der Waals surface area contributed by atoms with Gasteiger partial charge in [-0.05, 0) is 71.3 Å². The minimum absolute atomic E-state index is 0.0501. The molecule has 58 heavy (non-hydrogen) atoms. The molecule has 1 aromatic heterocycles. The molecule has 1 atom stereocenters. The van der Waals surface area contributed by atoms with E-state index in [0.717, 1.165) is 54.9 Å². The highest BCUT2D eigenvalue weighted by atomic mass is 35.5. The highest BCUT2D eigenvalue weighted by molar-refractivity contribution is 7.99. The molecule has 5 aromatic carbocycles. The van der Waals surface area contributed by atoms with E-state index in [2.05, 4.69) is 53.3 Å². The second-order valence-electron chi connectivity index (χ2n) is 13.7. The van der Waals surface area contributed by atoms with Gasteiger partial charge in [-0.15, -0.1) is 11.8 Å². The van der Waals surface area contributed by atoms with E-state index in [-0.39, 0.29) is 28.7 Å². The second kappa shape index (κ2) is 18.2. The van der Waals surface area contributed by atoms with Gasteiger partial charge in [0.2, 0.25) is 5.91 Å². The van der Waals surface area contributed by atoms with Gasteiger partial charge in [0.05, 0.1) is 15.3 Å². The fourth-order valence-corrected chi connectivity index (χ4v) is 8.97. The van der Waals surface area contributed by atoms with Gasteiger partial charge in [0.1, 0.15) is 12.0 Å². The number of halogens is 1. The number of aromatic nitrogens is 2. The molecule has 0 radical (unpaired) electrons. The number of carbonyl (C=O) groups is 1. The molecule has 0 aliphatic carbocycles. The summed E-state index contributed by atoms with van der Waals surface area (Å²) in [5, 5.41) is 19.1. The number of anilines is 3. The number of fused-ring (bicyclic) bond motifs is 1. The molecule has 1 saturated heterocycles. The summed E-state index contributed by atoms with van der Waals surface area (Å²) in [6.45, 7) is 4.10. The van der Waals surface area contributed by atoms with E-state index < -0.39 is 26.7 Å². The maximum absolute atomic E-state index is 13.7. The number of hydrogen-bond acceptors (Lipinski definition) is 11. The topological polar surface area (TPSA) is 163 Å². The number of nitro benzene ring substituents is 1. The van der Waals surface area contributed by atoms with Crippen LogP contribution in [0.2, 0.25) is 5.02 Å². The van der Waals surface area contributed by atoms with Crippen molar-refractivity contribution in [2.75, 3.05) is 53.9 Å². The Labute approximate surface area is 346 Å². The summed E-state index contributed by atoms with van der Waals surface area (Å²) in [6, 6.07) is 34.7. The summed E-state index contributed by atoms with van der Waals surface area (Å²) < 4.78 is 29.9. The number of piperazine rings is 1. The number of sulfonamides is 1. The molecule has 13 nitrogen and oxygen atoms in total. The molecule has 1 aliphatic rings. The van der Waals surface area contributed by atoms with Crippen LogP contribution in [0, 0.1) is 10.1 Å². The molecule has 3 N–H and O–H groups in total. The fraction of sp³-hybridized carbons (Fsp3) is 0.214. The van der Waals surface area contributed by atoms with Gasteiger partial charge < -0.3 is 15.5 Å². The molecule has 1 amide bonds. The van der Waals surface area contributed by atoms with Crippen LogP contribution < -0.4 is 20.3 Å². The Kier molecular flexibility index (Phi) is 12.7. The van der Waals surface area contributed by atoms with Crippen LogP contribution in [0.1, 0.15) is 12.0 Å². The lowest BCUT2D eigenvalue weighted by atomic mass is 9.99. The molecule has 1 fully saturated rings. The minimum Gasteiger partial charge on any atom is -0.375 e. The van der Waals surface area contributed by atoms with Crippen LogP contribution in [0.15, 0.2) is 131 Å². The van der Waals surface area contributed by atoms with Crippen LogP contribution in [-0.4, -0.2) is 79.1 Å². The van der Waals surface area contributed by atoms with Crippen LogP contribution in [0.3, 0.4) is 0 Å². The Morgan fingerprint density at radius 2 is 1.66 bits per heavy atom. The number of rotatable bonds is 15. The molecule has 0 spiro atoms. The lowest BCUT2D eigenvalue weighted by molar-refractivity contribution is -0.384. The predicted molar refractivity (Wildman–Crippen MR) is 231 cm³/mol. The third-order valence-corrected chi connectivity index (χ3v) is 12.7. The van der Waals surface area contributed by atoms with Crippen molar-refractivity contribution in [2.24, 2.45) is 0 Å². The lowest BCUT2D eigenvalue weighted by Gasteiger charge is -2.36. The standard InChI is InChI=1S/C42H41ClN8O5S2/c1-44-41(52)23-32(27-57-34-8-3-2-4-9-34)47-38-18-16-35(25-40(38)51(53)54)58(55,56)48-42-37-17-15-33(24-39(37)45-28-46-42)50-21-19-49(20-22-50)26-30-7-5-6-10-36(30)29-11-13-31(43)14-12-29/h2-18,24-25,28,32,47H,19-23,26-27H2,1H3,(H,44,52)(H,45,46,48)/t32-/m1/s1. The van der Waals surface area contributed by atoms with E-state index in [4.69, 9.17) is 11.6 Å². The van der Waals surface area contributed by atoms with Gasteiger partial charge in [-0.3, -0.25) is 24.5 Å². The fourth-order valence-electron chi connectivity index (χ4n) is 6.85. The lowest BCUT2D eigenvalue weighted by Crippen LogP contribution is -2.46. The summed E-state index contributed by atoms with van der Waals surface area (Å²) in [4.78, 5) is 37.9. The molecular formula is C42H41ClN8O5S2. The van der Waals surface area contributed by atoms with Crippen molar-refractivity contribution < 1.29 is 18.1 Å². The van der Waals surface area contributed by atoms with Gasteiger partial charge >= 0.3 is 0 Å². The van der Waals surface area contributed by atoms with Crippen molar-refractivity contribution in [3.05, 3.63) is 142 Å². The monoisotopic (exact) mass is 836 g/mol. The van der Waals surface area contributed by atoms with Crippen molar-refractivity contribution in [3.8, 4) is 11.1 Å². The molecule has 0 bridgehead atoms. The van der Waals surface area contributed by atoms with Gasteiger partial charge in [-0.2, -0.15) is 0 Å². The average Bonchev–Trinajstić information content (AvgIpc) is 3.23. The van der Waals surface area contributed by atoms with Gasteiger partial charge in [-0.25, -0.2) is 18.4 Å². The van der Waals surface area contributed by atoms with E-state index in [1.54, 1.807) is 6.07 Å². The smallest absolute Gasteiger partial charge is 0.293 e. The van der Waals surface area contributed by atoms with Crippen LogP contribution in [0.5, 0.6) is 0 Å². The van der Waals surface area contributed by atoms with Crippen LogP contribution >= 0.6 is 23.4 Å². The third-order valence-electron chi connectivity index (χ3n) is 9.90. The molecule has 16 heteroatoms. The summed E-state index contributed by atoms with van der Waals surface area (Å²) in [5.41, 5.74) is 4.71. The number of nitrogens with zero attached hydrogens (tertiary/aromatic N) is 5. The van der Waals surface area contributed by atoms with Crippen molar-refractivity contribution in [2.45, 2.75) is 28.8 Å². The number of thioether (sulfide) groups is 1. The zero-order chi connectivity index (χ0) is 40.6. The van der Waals surface area contributed by atoms with Crippen LogP contribution in [0.25, 0.3) is 22.0 Å². The molecule has 298 valence electrons. The number of benzene rings is 5. The second-order valence-corrected chi connectivity index (χ2v) is 16.9. The van der Waals surface area contributed by atoms with Gasteiger partial charge in [0, 0.05) is 85.0 Å². The maximum atomic E-state index is 13.7. The highest BCUT2D eigenvalue weighted by Crippen LogP contribution is 2.33. The summed E-state index contributed by atoms with van der Waals surface area (Å²) in [5.74, 6) is 0.233. The van der Waals surface area contributed by atoms with E-state index in [1.165, 1.54) is 48.4 Å². The van der Waals surface area contributed by atoms with Crippen LogP contribution in [-0.2, 0) is 21.4 Å². The van der Waals surface area contributed by atoms with Crippen molar-refractivity contribution in [3.63, 3.8) is 0 Å². The van der Waals surface area contributed by atoms with Crippen molar-refractivity contribution in [1.82, 2.24) is 20.2 Å². The number of hydrogen-bond donors (Lipinski definition) is 3. The zero-order valence-corrected chi connectivity index (χ0v) is 33.9.